The Morgan fingerprint density at radius 1 is 1.41 bits per heavy atom. The second kappa shape index (κ2) is 10.9. The lowest BCUT2D eigenvalue weighted by Gasteiger charge is -2.25. The quantitative estimate of drug-likeness (QED) is 0.774. The molecule has 3 N–H and O–H groups in total. The SMILES string of the molecule is Cc1nccn1CCCCNC(=O)C1CCCC(N)C1.Cl.Cl. The fourth-order valence-corrected chi connectivity index (χ4v) is 2.87. The predicted molar refractivity (Wildman–Crippen MR) is 93.6 cm³/mol. The summed E-state index contributed by atoms with van der Waals surface area (Å²) in [6.45, 7) is 3.74. The van der Waals surface area contributed by atoms with Crippen LogP contribution in [0.3, 0.4) is 0 Å². The van der Waals surface area contributed by atoms with Crippen LogP contribution in [-0.4, -0.2) is 28.0 Å². The van der Waals surface area contributed by atoms with Gasteiger partial charge in [-0.25, -0.2) is 4.98 Å². The van der Waals surface area contributed by atoms with Gasteiger partial charge in [-0.15, -0.1) is 24.8 Å². The second-order valence-electron chi connectivity index (χ2n) is 5.79. The highest BCUT2D eigenvalue weighted by Crippen LogP contribution is 2.23. The van der Waals surface area contributed by atoms with Crippen LogP contribution in [0.2, 0.25) is 0 Å². The number of hydrogen-bond acceptors (Lipinski definition) is 3. The maximum absolute atomic E-state index is 12.0. The molecule has 0 radical (unpaired) electrons. The number of aryl methyl sites for hydroxylation is 2. The van der Waals surface area contributed by atoms with Crippen molar-refractivity contribution in [1.29, 1.82) is 0 Å². The van der Waals surface area contributed by atoms with Gasteiger partial charge in [0.05, 0.1) is 0 Å². The van der Waals surface area contributed by atoms with Crippen molar-refractivity contribution in [3.05, 3.63) is 18.2 Å². The summed E-state index contributed by atoms with van der Waals surface area (Å²) in [4.78, 5) is 16.2. The highest BCUT2D eigenvalue weighted by Gasteiger charge is 2.24. The molecule has 1 aromatic heterocycles. The first kappa shape index (κ1) is 21.2. The summed E-state index contributed by atoms with van der Waals surface area (Å²) >= 11 is 0. The molecule has 128 valence electrons. The normalized spacial score (nSPS) is 20.6. The molecule has 2 unspecified atom stereocenters. The van der Waals surface area contributed by atoms with E-state index in [1.54, 1.807) is 0 Å². The van der Waals surface area contributed by atoms with Crippen molar-refractivity contribution < 1.29 is 4.79 Å². The Morgan fingerprint density at radius 3 is 2.82 bits per heavy atom. The van der Waals surface area contributed by atoms with Gasteiger partial charge in [0.2, 0.25) is 5.91 Å². The number of hydrogen-bond donors (Lipinski definition) is 2. The standard InChI is InChI=1S/C15H26N4O.2ClH/c1-12-17-8-10-19(12)9-3-2-7-18-15(20)13-5-4-6-14(16)11-13;;/h8,10,13-14H,2-7,9,11,16H2,1H3,(H,18,20);2*1H. The fourth-order valence-electron chi connectivity index (χ4n) is 2.87. The van der Waals surface area contributed by atoms with Gasteiger partial charge in [0.15, 0.2) is 0 Å². The molecule has 0 saturated heterocycles. The van der Waals surface area contributed by atoms with Crippen molar-refractivity contribution in [1.82, 2.24) is 14.9 Å². The van der Waals surface area contributed by atoms with Gasteiger partial charge in [-0.05, 0) is 39.0 Å². The van der Waals surface area contributed by atoms with Gasteiger partial charge in [0.25, 0.3) is 0 Å². The summed E-state index contributed by atoms with van der Waals surface area (Å²) in [5.74, 6) is 1.37. The molecule has 1 aromatic rings. The number of nitrogens with two attached hydrogens (primary N) is 1. The molecule has 1 aliphatic carbocycles. The predicted octanol–water partition coefficient (Wildman–Crippen LogP) is 2.45. The van der Waals surface area contributed by atoms with Gasteiger partial charge in [-0.1, -0.05) is 6.42 Å². The van der Waals surface area contributed by atoms with E-state index in [-0.39, 0.29) is 42.7 Å². The highest BCUT2D eigenvalue weighted by molar-refractivity contribution is 5.85. The molecule has 1 heterocycles. The molecular weight excluding hydrogens is 323 g/mol. The number of carbonyl (C=O) groups excluding carboxylic acids is 1. The Kier molecular flexibility index (Phi) is 10.5. The topological polar surface area (TPSA) is 72.9 Å². The Morgan fingerprint density at radius 2 is 2.18 bits per heavy atom. The van der Waals surface area contributed by atoms with Gasteiger partial charge in [0, 0.05) is 37.4 Å². The van der Waals surface area contributed by atoms with Gasteiger partial charge in [0.1, 0.15) is 5.82 Å². The van der Waals surface area contributed by atoms with Crippen molar-refractivity contribution in [2.75, 3.05) is 6.54 Å². The summed E-state index contributed by atoms with van der Waals surface area (Å²) in [5.41, 5.74) is 5.92. The molecule has 0 bridgehead atoms. The van der Waals surface area contributed by atoms with Crippen molar-refractivity contribution in [3.63, 3.8) is 0 Å². The third-order valence-electron chi connectivity index (χ3n) is 4.13. The second-order valence-corrected chi connectivity index (χ2v) is 5.79. The monoisotopic (exact) mass is 350 g/mol. The molecule has 22 heavy (non-hydrogen) atoms. The molecule has 2 rings (SSSR count). The maximum atomic E-state index is 12.0. The lowest BCUT2D eigenvalue weighted by Crippen LogP contribution is -2.38. The summed E-state index contributed by atoms with van der Waals surface area (Å²) in [7, 11) is 0. The van der Waals surface area contributed by atoms with Crippen LogP contribution in [0.4, 0.5) is 0 Å². The van der Waals surface area contributed by atoms with Gasteiger partial charge >= 0.3 is 0 Å². The summed E-state index contributed by atoms with van der Waals surface area (Å²) in [5, 5.41) is 3.05. The van der Waals surface area contributed by atoms with Crippen LogP contribution in [0.15, 0.2) is 12.4 Å². The van der Waals surface area contributed by atoms with Gasteiger partial charge in [-0.2, -0.15) is 0 Å². The molecule has 1 fully saturated rings. The van der Waals surface area contributed by atoms with E-state index in [2.05, 4.69) is 14.9 Å². The number of rotatable bonds is 6. The number of imidazole rings is 1. The number of carbonyl (C=O) groups is 1. The van der Waals surface area contributed by atoms with E-state index in [1.807, 2.05) is 19.3 Å². The minimum atomic E-state index is 0. The van der Waals surface area contributed by atoms with Crippen molar-refractivity contribution >= 4 is 30.7 Å². The van der Waals surface area contributed by atoms with Gasteiger partial charge in [-0.3, -0.25) is 4.79 Å². The minimum absolute atomic E-state index is 0. The molecule has 7 heteroatoms. The van der Waals surface area contributed by atoms with E-state index < -0.39 is 0 Å². The number of halogens is 2. The van der Waals surface area contributed by atoms with E-state index in [0.717, 1.165) is 57.4 Å². The molecule has 5 nitrogen and oxygen atoms in total. The zero-order chi connectivity index (χ0) is 14.4. The maximum Gasteiger partial charge on any atom is 0.223 e. The summed E-state index contributed by atoms with van der Waals surface area (Å²) < 4.78 is 2.14. The van der Waals surface area contributed by atoms with Crippen LogP contribution in [0.1, 0.15) is 44.3 Å². The van der Waals surface area contributed by atoms with Gasteiger partial charge < -0.3 is 15.6 Å². The van der Waals surface area contributed by atoms with E-state index in [0.29, 0.717) is 0 Å². The molecule has 1 amide bonds. The first-order chi connectivity index (χ1) is 9.66. The van der Waals surface area contributed by atoms with Crippen molar-refractivity contribution in [3.8, 4) is 0 Å². The first-order valence-electron chi connectivity index (χ1n) is 7.68. The number of nitrogens with zero attached hydrogens (tertiary/aromatic N) is 2. The highest BCUT2D eigenvalue weighted by atomic mass is 35.5. The van der Waals surface area contributed by atoms with Crippen molar-refractivity contribution in [2.45, 2.75) is 58.0 Å². The Labute approximate surface area is 145 Å². The van der Waals surface area contributed by atoms with Crippen LogP contribution in [0.25, 0.3) is 0 Å². The molecule has 0 aromatic carbocycles. The fraction of sp³-hybridized carbons (Fsp3) is 0.733. The Bertz CT molecular complexity index is 439. The molecule has 0 aliphatic heterocycles. The molecule has 1 saturated carbocycles. The zero-order valence-corrected chi connectivity index (χ0v) is 14.8. The first-order valence-corrected chi connectivity index (χ1v) is 7.68. The summed E-state index contributed by atoms with van der Waals surface area (Å²) in [6.07, 6.45) is 9.87. The van der Waals surface area contributed by atoms with Crippen LogP contribution >= 0.6 is 24.8 Å². The smallest absolute Gasteiger partial charge is 0.223 e. The number of nitrogens with one attached hydrogen (secondary N) is 1. The van der Waals surface area contributed by atoms with Crippen LogP contribution in [-0.2, 0) is 11.3 Å². The van der Waals surface area contributed by atoms with Crippen LogP contribution < -0.4 is 11.1 Å². The summed E-state index contributed by atoms with van der Waals surface area (Å²) in [6, 6.07) is 0.212. The van der Waals surface area contributed by atoms with Crippen molar-refractivity contribution in [2.24, 2.45) is 11.7 Å². The molecular formula is C15H28Cl2N4O. The Hall–Kier alpha value is -0.780. The van der Waals surface area contributed by atoms with Crippen LogP contribution in [0.5, 0.6) is 0 Å². The minimum Gasteiger partial charge on any atom is -0.356 e. The van der Waals surface area contributed by atoms with E-state index in [4.69, 9.17) is 5.73 Å². The number of unbranched alkanes of at least 4 members (excludes halogenated alkanes) is 1. The number of amides is 1. The molecule has 2 atom stereocenters. The van der Waals surface area contributed by atoms with E-state index >= 15 is 0 Å². The Balaban J connectivity index is 0.00000220. The van der Waals surface area contributed by atoms with E-state index in [9.17, 15) is 4.79 Å². The average Bonchev–Trinajstić information content (AvgIpc) is 2.84. The lowest BCUT2D eigenvalue weighted by atomic mass is 9.85. The molecule has 1 aliphatic rings. The lowest BCUT2D eigenvalue weighted by molar-refractivity contribution is -0.126. The third kappa shape index (κ3) is 6.55. The third-order valence-corrected chi connectivity index (χ3v) is 4.13. The van der Waals surface area contributed by atoms with E-state index in [1.165, 1.54) is 0 Å². The van der Waals surface area contributed by atoms with Crippen LogP contribution in [0, 0.1) is 12.8 Å². The zero-order valence-electron chi connectivity index (χ0n) is 13.2. The number of aromatic nitrogens is 2. The largest absolute Gasteiger partial charge is 0.356 e. The molecule has 0 spiro atoms. The average molecular weight is 351 g/mol.